The topological polar surface area (TPSA) is 29.0 Å². The molecule has 0 saturated carbocycles. The zero-order chi connectivity index (χ0) is 10.1. The molecule has 72 valence electrons. The summed E-state index contributed by atoms with van der Waals surface area (Å²) in [6.45, 7) is 4.18. The Balaban J connectivity index is 2.64. The average molecular weight is 187 g/mol. The highest BCUT2D eigenvalue weighted by atomic mass is 15.1. The molecule has 0 aliphatic carbocycles. The van der Waals surface area contributed by atoms with Crippen molar-refractivity contribution in [3.8, 4) is 0 Å². The summed E-state index contributed by atoms with van der Waals surface area (Å²) >= 11 is 0. The SMILES string of the molecule is CCC=[N+]1C(N)=C(C)c2ccccc21. The molecule has 0 fully saturated rings. The van der Waals surface area contributed by atoms with Gasteiger partial charge in [-0.05, 0) is 19.4 Å². The molecule has 2 heteroatoms. The van der Waals surface area contributed by atoms with Crippen molar-refractivity contribution in [1.29, 1.82) is 0 Å². The smallest absolute Gasteiger partial charge is 0.280 e. The van der Waals surface area contributed by atoms with Gasteiger partial charge in [0.15, 0.2) is 0 Å². The third-order valence-corrected chi connectivity index (χ3v) is 2.58. The number of nitrogens with two attached hydrogens (primary N) is 1. The van der Waals surface area contributed by atoms with Gasteiger partial charge in [-0.15, -0.1) is 0 Å². The van der Waals surface area contributed by atoms with Crippen LogP contribution in [0.5, 0.6) is 0 Å². The Morgan fingerprint density at radius 1 is 1.36 bits per heavy atom. The van der Waals surface area contributed by atoms with Crippen molar-refractivity contribution >= 4 is 17.5 Å². The van der Waals surface area contributed by atoms with Gasteiger partial charge in [0.2, 0.25) is 0 Å². The van der Waals surface area contributed by atoms with E-state index in [9.17, 15) is 0 Å². The monoisotopic (exact) mass is 187 g/mol. The molecule has 0 bridgehead atoms. The van der Waals surface area contributed by atoms with Crippen molar-refractivity contribution in [1.82, 2.24) is 0 Å². The molecule has 0 unspecified atom stereocenters. The molecule has 2 rings (SSSR count). The number of nitrogens with zero attached hydrogens (tertiary/aromatic N) is 1. The van der Waals surface area contributed by atoms with Crippen LogP contribution in [0, 0.1) is 0 Å². The van der Waals surface area contributed by atoms with Crippen LogP contribution < -0.4 is 5.73 Å². The van der Waals surface area contributed by atoms with Gasteiger partial charge in [-0.1, -0.05) is 25.1 Å². The van der Waals surface area contributed by atoms with Crippen molar-refractivity contribution in [2.75, 3.05) is 0 Å². The number of hydrogen-bond acceptors (Lipinski definition) is 1. The highest BCUT2D eigenvalue weighted by molar-refractivity contribution is 5.78. The molecule has 14 heavy (non-hydrogen) atoms. The maximum atomic E-state index is 6.03. The van der Waals surface area contributed by atoms with Gasteiger partial charge in [-0.3, -0.25) is 5.73 Å². The zero-order valence-electron chi connectivity index (χ0n) is 8.62. The van der Waals surface area contributed by atoms with Crippen LogP contribution in [-0.4, -0.2) is 10.8 Å². The summed E-state index contributed by atoms with van der Waals surface area (Å²) in [4.78, 5) is 0. The molecule has 0 saturated heterocycles. The first-order valence-electron chi connectivity index (χ1n) is 4.94. The fourth-order valence-electron chi connectivity index (χ4n) is 1.83. The van der Waals surface area contributed by atoms with E-state index in [2.05, 4.69) is 36.8 Å². The largest absolute Gasteiger partial charge is 0.286 e. The van der Waals surface area contributed by atoms with Crippen molar-refractivity contribution in [3.05, 3.63) is 35.6 Å². The Kier molecular flexibility index (Phi) is 2.12. The van der Waals surface area contributed by atoms with E-state index in [0.29, 0.717) is 0 Å². The van der Waals surface area contributed by atoms with E-state index in [0.717, 1.165) is 12.2 Å². The molecule has 2 N–H and O–H groups in total. The van der Waals surface area contributed by atoms with Crippen LogP contribution in [0.25, 0.3) is 5.57 Å². The highest BCUT2D eigenvalue weighted by Gasteiger charge is 2.25. The molecule has 1 aliphatic rings. The fourth-order valence-corrected chi connectivity index (χ4v) is 1.83. The summed E-state index contributed by atoms with van der Waals surface area (Å²) < 4.78 is 2.07. The first kappa shape index (κ1) is 9.00. The van der Waals surface area contributed by atoms with Crippen molar-refractivity contribution in [2.45, 2.75) is 20.3 Å². The van der Waals surface area contributed by atoms with E-state index in [4.69, 9.17) is 5.73 Å². The Morgan fingerprint density at radius 3 is 2.79 bits per heavy atom. The van der Waals surface area contributed by atoms with Crippen molar-refractivity contribution in [2.24, 2.45) is 5.73 Å². The first-order valence-corrected chi connectivity index (χ1v) is 4.94. The second-order valence-corrected chi connectivity index (χ2v) is 3.49. The lowest BCUT2D eigenvalue weighted by atomic mass is 10.1. The third kappa shape index (κ3) is 1.15. The van der Waals surface area contributed by atoms with E-state index in [1.54, 1.807) is 0 Å². The summed E-state index contributed by atoms with van der Waals surface area (Å²) in [5.74, 6) is 0.855. The minimum atomic E-state index is 0.855. The Morgan fingerprint density at radius 2 is 2.07 bits per heavy atom. The van der Waals surface area contributed by atoms with Gasteiger partial charge in [0.1, 0.15) is 5.69 Å². The van der Waals surface area contributed by atoms with Gasteiger partial charge in [0, 0.05) is 11.1 Å². The third-order valence-electron chi connectivity index (χ3n) is 2.58. The second kappa shape index (κ2) is 3.29. The first-order chi connectivity index (χ1) is 6.75. The Labute approximate surface area is 84.4 Å². The molecular weight excluding hydrogens is 172 g/mol. The molecule has 2 nitrogen and oxygen atoms in total. The molecule has 1 aromatic carbocycles. The summed E-state index contributed by atoms with van der Waals surface area (Å²) in [6.07, 6.45) is 3.10. The predicted molar refractivity (Wildman–Crippen MR) is 59.5 cm³/mol. The number of hydrogen-bond donors (Lipinski definition) is 1. The zero-order valence-corrected chi connectivity index (χ0v) is 8.62. The number of allylic oxidation sites excluding steroid dienone is 1. The van der Waals surface area contributed by atoms with E-state index in [1.165, 1.54) is 16.8 Å². The fraction of sp³-hybridized carbons (Fsp3) is 0.250. The van der Waals surface area contributed by atoms with Gasteiger partial charge < -0.3 is 0 Å². The summed E-state index contributed by atoms with van der Waals surface area (Å²) in [7, 11) is 0. The molecule has 0 atom stereocenters. The van der Waals surface area contributed by atoms with Crippen LogP contribution in [0.3, 0.4) is 0 Å². The second-order valence-electron chi connectivity index (χ2n) is 3.49. The number of para-hydroxylation sites is 1. The minimum Gasteiger partial charge on any atom is -0.286 e. The maximum absolute atomic E-state index is 6.03. The van der Waals surface area contributed by atoms with Gasteiger partial charge in [0.05, 0.1) is 6.21 Å². The lowest BCUT2D eigenvalue weighted by Crippen LogP contribution is -2.11. The van der Waals surface area contributed by atoms with E-state index < -0.39 is 0 Å². The number of benzene rings is 1. The maximum Gasteiger partial charge on any atom is 0.280 e. The number of rotatable bonds is 1. The molecule has 0 aromatic heterocycles. The van der Waals surface area contributed by atoms with Gasteiger partial charge in [-0.25, -0.2) is 4.58 Å². The van der Waals surface area contributed by atoms with E-state index in [-0.39, 0.29) is 0 Å². The molecule has 0 radical (unpaired) electrons. The minimum absolute atomic E-state index is 0.855. The summed E-state index contributed by atoms with van der Waals surface area (Å²) in [5.41, 5.74) is 9.65. The van der Waals surface area contributed by atoms with Crippen LogP contribution >= 0.6 is 0 Å². The lowest BCUT2D eigenvalue weighted by molar-refractivity contribution is -0.375. The van der Waals surface area contributed by atoms with Crippen molar-refractivity contribution in [3.63, 3.8) is 0 Å². The Hall–Kier alpha value is -1.57. The number of fused-ring (bicyclic) bond motifs is 1. The van der Waals surface area contributed by atoms with Gasteiger partial charge >= 0.3 is 0 Å². The molecule has 1 heterocycles. The van der Waals surface area contributed by atoms with Crippen LogP contribution in [-0.2, 0) is 0 Å². The van der Waals surface area contributed by atoms with Crippen LogP contribution in [0.4, 0.5) is 5.69 Å². The molecule has 0 amide bonds. The average Bonchev–Trinajstić information content (AvgIpc) is 2.45. The molecule has 1 aliphatic heterocycles. The van der Waals surface area contributed by atoms with E-state index >= 15 is 0 Å². The lowest BCUT2D eigenvalue weighted by Gasteiger charge is -1.99. The van der Waals surface area contributed by atoms with Crippen LogP contribution in [0.2, 0.25) is 0 Å². The van der Waals surface area contributed by atoms with E-state index in [1.807, 2.05) is 12.1 Å². The normalized spacial score (nSPS) is 17.7. The standard InChI is InChI=1S/C12H15N2/c1-3-8-14-11-7-5-4-6-10(11)9(2)12(14)13/h4-8H,3,13H2,1-2H3/q+1. The summed E-state index contributed by atoms with van der Waals surface area (Å²) in [6, 6.07) is 8.30. The molecule has 0 spiro atoms. The summed E-state index contributed by atoms with van der Waals surface area (Å²) in [5, 5.41) is 0. The van der Waals surface area contributed by atoms with Gasteiger partial charge in [0.25, 0.3) is 5.82 Å². The van der Waals surface area contributed by atoms with Gasteiger partial charge in [-0.2, -0.15) is 0 Å². The van der Waals surface area contributed by atoms with Crippen LogP contribution in [0.15, 0.2) is 30.1 Å². The molecular formula is C12H15N2+. The van der Waals surface area contributed by atoms with Crippen molar-refractivity contribution < 1.29 is 4.58 Å². The predicted octanol–water partition coefficient (Wildman–Crippen LogP) is 2.47. The van der Waals surface area contributed by atoms with Crippen LogP contribution in [0.1, 0.15) is 25.8 Å². The Bertz CT molecular complexity index is 428. The molecule has 1 aromatic rings. The highest BCUT2D eigenvalue weighted by Crippen LogP contribution is 2.34. The quantitative estimate of drug-likeness (QED) is 0.672.